The number of rotatable bonds is 6. The summed E-state index contributed by atoms with van der Waals surface area (Å²) in [6.07, 6.45) is 7.82. The van der Waals surface area contributed by atoms with Crippen molar-refractivity contribution in [2.75, 3.05) is 21.1 Å². The number of amides is 1. The van der Waals surface area contributed by atoms with Gasteiger partial charge in [-0.15, -0.1) is 11.3 Å². The second kappa shape index (κ2) is 7.35. The number of hydrogen-bond donors (Lipinski definition) is 0. The van der Waals surface area contributed by atoms with Crippen molar-refractivity contribution in [1.82, 2.24) is 9.80 Å². The minimum absolute atomic E-state index is 0.343. The molecule has 23 heavy (non-hydrogen) atoms. The lowest BCUT2D eigenvalue weighted by Gasteiger charge is -2.27. The molecule has 4 heteroatoms. The van der Waals surface area contributed by atoms with Crippen molar-refractivity contribution in [1.29, 1.82) is 0 Å². The molecule has 2 aliphatic carbocycles. The van der Waals surface area contributed by atoms with Gasteiger partial charge >= 0.3 is 0 Å². The minimum Gasteiger partial charge on any atom is -0.343 e. The molecule has 1 aromatic heterocycles. The van der Waals surface area contributed by atoms with Crippen LogP contribution in [0.2, 0.25) is 0 Å². The zero-order chi connectivity index (χ0) is 16.4. The maximum Gasteiger partial charge on any atom is 0.222 e. The summed E-state index contributed by atoms with van der Waals surface area (Å²) in [5.41, 5.74) is 0. The van der Waals surface area contributed by atoms with Crippen LogP contribution in [0.5, 0.6) is 0 Å². The number of nitrogens with zero attached hydrogens (tertiary/aromatic N) is 2. The molecule has 3 nitrogen and oxygen atoms in total. The van der Waals surface area contributed by atoms with Crippen molar-refractivity contribution in [3.63, 3.8) is 0 Å². The van der Waals surface area contributed by atoms with E-state index in [2.05, 4.69) is 41.4 Å². The molecule has 0 saturated heterocycles. The van der Waals surface area contributed by atoms with Crippen LogP contribution < -0.4 is 0 Å². The standard InChI is InChI=1S/C19H30N2OS/c1-20(2)16-10-14-12-17(13-15(14)11-16)21(3)19(22)8-4-6-18-7-5-9-23-18/h5,7,9,14-17H,4,6,8,10-13H2,1-3H3/t14-,15+,16?,17?. The first-order valence-electron chi connectivity index (χ1n) is 8.99. The molecule has 128 valence electrons. The smallest absolute Gasteiger partial charge is 0.222 e. The Morgan fingerprint density at radius 3 is 2.35 bits per heavy atom. The van der Waals surface area contributed by atoms with E-state index >= 15 is 0 Å². The molecule has 0 spiro atoms. The van der Waals surface area contributed by atoms with Gasteiger partial charge in [-0.1, -0.05) is 6.07 Å². The van der Waals surface area contributed by atoms with Gasteiger partial charge in [-0.25, -0.2) is 0 Å². The van der Waals surface area contributed by atoms with E-state index in [1.54, 1.807) is 11.3 Å². The fourth-order valence-electron chi connectivity index (χ4n) is 4.54. The fraction of sp³-hybridized carbons (Fsp3) is 0.737. The summed E-state index contributed by atoms with van der Waals surface area (Å²) in [7, 11) is 6.43. The van der Waals surface area contributed by atoms with Crippen LogP contribution in [0.15, 0.2) is 17.5 Å². The molecule has 1 heterocycles. The van der Waals surface area contributed by atoms with E-state index in [0.29, 0.717) is 18.4 Å². The van der Waals surface area contributed by atoms with Gasteiger partial charge in [-0.2, -0.15) is 0 Å². The van der Waals surface area contributed by atoms with Crippen molar-refractivity contribution in [3.8, 4) is 0 Å². The largest absolute Gasteiger partial charge is 0.343 e. The van der Waals surface area contributed by atoms with Crippen LogP contribution in [-0.4, -0.2) is 48.9 Å². The number of carbonyl (C=O) groups is 1. The van der Waals surface area contributed by atoms with Crippen LogP contribution in [0.1, 0.15) is 43.4 Å². The van der Waals surface area contributed by atoms with E-state index in [-0.39, 0.29) is 0 Å². The number of hydrogen-bond acceptors (Lipinski definition) is 3. The Bertz CT molecular complexity index is 499. The first kappa shape index (κ1) is 17.0. The molecule has 1 amide bonds. The van der Waals surface area contributed by atoms with Crippen LogP contribution in [0.4, 0.5) is 0 Å². The molecular weight excluding hydrogens is 304 g/mol. The minimum atomic E-state index is 0.343. The highest BCUT2D eigenvalue weighted by Crippen LogP contribution is 2.46. The van der Waals surface area contributed by atoms with Crippen LogP contribution in [0.25, 0.3) is 0 Å². The van der Waals surface area contributed by atoms with Gasteiger partial charge in [0.15, 0.2) is 0 Å². The summed E-state index contributed by atoms with van der Waals surface area (Å²) in [5, 5.41) is 2.11. The van der Waals surface area contributed by atoms with E-state index in [0.717, 1.165) is 30.7 Å². The zero-order valence-corrected chi connectivity index (χ0v) is 15.5. The number of aryl methyl sites for hydroxylation is 1. The Hall–Kier alpha value is -0.870. The highest BCUT2D eigenvalue weighted by molar-refractivity contribution is 7.09. The van der Waals surface area contributed by atoms with Crippen molar-refractivity contribution in [2.24, 2.45) is 11.8 Å². The van der Waals surface area contributed by atoms with Gasteiger partial charge < -0.3 is 9.80 Å². The van der Waals surface area contributed by atoms with E-state index in [1.165, 1.54) is 30.6 Å². The van der Waals surface area contributed by atoms with Crippen LogP contribution >= 0.6 is 11.3 Å². The average Bonchev–Trinajstić information content (AvgIpc) is 3.21. The summed E-state index contributed by atoms with van der Waals surface area (Å²) in [6, 6.07) is 5.50. The van der Waals surface area contributed by atoms with E-state index in [9.17, 15) is 4.79 Å². The van der Waals surface area contributed by atoms with Gasteiger partial charge in [-0.05, 0) is 75.9 Å². The lowest BCUT2D eigenvalue weighted by Crippen LogP contribution is -2.36. The van der Waals surface area contributed by atoms with Gasteiger partial charge in [0.1, 0.15) is 0 Å². The first-order valence-corrected chi connectivity index (χ1v) is 9.87. The van der Waals surface area contributed by atoms with E-state index < -0.39 is 0 Å². The van der Waals surface area contributed by atoms with Gasteiger partial charge in [-0.3, -0.25) is 4.79 Å². The molecule has 0 radical (unpaired) electrons. The maximum absolute atomic E-state index is 12.5. The second-order valence-corrected chi connectivity index (χ2v) is 8.70. The Morgan fingerprint density at radius 2 is 1.78 bits per heavy atom. The summed E-state index contributed by atoms with van der Waals surface area (Å²) < 4.78 is 0. The van der Waals surface area contributed by atoms with Gasteiger partial charge in [0.05, 0.1) is 0 Å². The topological polar surface area (TPSA) is 23.6 Å². The average molecular weight is 335 g/mol. The van der Waals surface area contributed by atoms with E-state index in [4.69, 9.17) is 0 Å². The van der Waals surface area contributed by atoms with Crippen molar-refractivity contribution >= 4 is 17.2 Å². The molecule has 1 aromatic rings. The number of fused-ring (bicyclic) bond motifs is 1. The van der Waals surface area contributed by atoms with Gasteiger partial charge in [0.25, 0.3) is 0 Å². The Morgan fingerprint density at radius 1 is 1.13 bits per heavy atom. The first-order chi connectivity index (χ1) is 11.0. The molecule has 2 saturated carbocycles. The van der Waals surface area contributed by atoms with E-state index in [1.807, 2.05) is 7.05 Å². The lowest BCUT2D eigenvalue weighted by atomic mass is 10.0. The molecule has 0 aliphatic heterocycles. The molecule has 0 bridgehead atoms. The maximum atomic E-state index is 12.5. The van der Waals surface area contributed by atoms with Crippen molar-refractivity contribution < 1.29 is 4.79 Å². The van der Waals surface area contributed by atoms with Crippen LogP contribution in [0, 0.1) is 11.8 Å². The van der Waals surface area contributed by atoms with Crippen molar-refractivity contribution in [2.45, 2.75) is 57.0 Å². The molecule has 2 fully saturated rings. The SMILES string of the molecule is CN(C)C1C[C@@H]2CC(N(C)C(=O)CCCc3cccs3)C[C@@H]2C1. The zero-order valence-electron chi connectivity index (χ0n) is 14.7. The quantitative estimate of drug-likeness (QED) is 0.793. The molecule has 2 unspecified atom stereocenters. The molecule has 0 N–H and O–H groups in total. The molecule has 4 atom stereocenters. The third kappa shape index (κ3) is 3.97. The summed E-state index contributed by atoms with van der Waals surface area (Å²) in [6.45, 7) is 0. The fourth-order valence-corrected chi connectivity index (χ4v) is 5.29. The number of thiophene rings is 1. The highest BCUT2D eigenvalue weighted by Gasteiger charge is 2.43. The Balaban J connectivity index is 1.42. The van der Waals surface area contributed by atoms with Gasteiger partial charge in [0.2, 0.25) is 5.91 Å². The monoisotopic (exact) mass is 334 g/mol. The summed E-state index contributed by atoms with van der Waals surface area (Å²) >= 11 is 1.79. The van der Waals surface area contributed by atoms with Crippen molar-refractivity contribution in [3.05, 3.63) is 22.4 Å². The van der Waals surface area contributed by atoms with Gasteiger partial charge in [0, 0.05) is 30.4 Å². The highest BCUT2D eigenvalue weighted by atomic mass is 32.1. The lowest BCUT2D eigenvalue weighted by molar-refractivity contribution is -0.132. The normalized spacial score (nSPS) is 29.9. The molecule has 0 aromatic carbocycles. The molecular formula is C19H30N2OS. The second-order valence-electron chi connectivity index (χ2n) is 7.67. The third-order valence-electron chi connectivity index (χ3n) is 6.03. The van der Waals surface area contributed by atoms with Crippen LogP contribution in [0.3, 0.4) is 0 Å². The van der Waals surface area contributed by atoms with Crippen LogP contribution in [-0.2, 0) is 11.2 Å². The Kier molecular flexibility index (Phi) is 5.42. The summed E-state index contributed by atoms with van der Waals surface area (Å²) in [5.74, 6) is 2.03. The predicted molar refractivity (Wildman–Crippen MR) is 96.7 cm³/mol. The predicted octanol–water partition coefficient (Wildman–Crippen LogP) is 3.65. The summed E-state index contributed by atoms with van der Waals surface area (Å²) in [4.78, 5) is 18.3. The number of carbonyl (C=O) groups excluding carboxylic acids is 1. The molecule has 2 aliphatic rings. The molecule has 3 rings (SSSR count). The third-order valence-corrected chi connectivity index (χ3v) is 6.97. The Labute approximate surface area is 144 Å².